The van der Waals surface area contributed by atoms with Gasteiger partial charge in [0.05, 0.1) is 21.3 Å². The molecule has 0 bridgehead atoms. The Bertz CT molecular complexity index is 1440. The van der Waals surface area contributed by atoms with Gasteiger partial charge in [0.25, 0.3) is 0 Å². The van der Waals surface area contributed by atoms with Gasteiger partial charge in [0.1, 0.15) is 23.4 Å². The van der Waals surface area contributed by atoms with Crippen LogP contribution in [0.3, 0.4) is 0 Å². The van der Waals surface area contributed by atoms with Crippen molar-refractivity contribution in [3.63, 3.8) is 0 Å². The molecule has 1 heterocycles. The molecule has 0 amide bonds. The van der Waals surface area contributed by atoms with E-state index in [2.05, 4.69) is 0 Å². The van der Waals surface area contributed by atoms with Crippen LogP contribution < -0.4 is 4.74 Å². The Morgan fingerprint density at radius 1 is 0.758 bits per heavy atom. The number of hydrogen-bond acceptors (Lipinski definition) is 6. The second-order valence-electron chi connectivity index (χ2n) is 8.42. The Labute approximate surface area is 195 Å². The molecule has 174 valence electrons. The summed E-state index contributed by atoms with van der Waals surface area (Å²) in [6, 6.07) is 14.3. The van der Waals surface area contributed by atoms with Crippen LogP contribution in [0.2, 0.25) is 0 Å². The summed E-state index contributed by atoms with van der Waals surface area (Å²) in [4.78, 5) is -0.00715. The fraction of sp³-hybridized carbons (Fsp3) is 0.280. The molecule has 6 nitrogen and oxygen atoms in total. The van der Waals surface area contributed by atoms with E-state index in [-0.39, 0.29) is 38.0 Å². The van der Waals surface area contributed by atoms with E-state index in [1.807, 2.05) is 26.0 Å². The second kappa shape index (κ2) is 8.59. The number of epoxide rings is 1. The quantitative estimate of drug-likeness (QED) is 0.461. The summed E-state index contributed by atoms with van der Waals surface area (Å²) in [5, 5.41) is 0. The van der Waals surface area contributed by atoms with Gasteiger partial charge in [-0.1, -0.05) is 24.3 Å². The van der Waals surface area contributed by atoms with E-state index in [1.54, 1.807) is 38.1 Å². The number of rotatable bonds is 7. The summed E-state index contributed by atoms with van der Waals surface area (Å²) in [5.74, 6) is 0.103. The second-order valence-corrected chi connectivity index (χ2v) is 12.2. The fourth-order valence-electron chi connectivity index (χ4n) is 3.57. The minimum atomic E-state index is -4.06. The molecular formula is C25H26O6S2. The summed E-state index contributed by atoms with van der Waals surface area (Å²) in [6.07, 6.45) is -0.0837. The number of aryl methyl sites for hydroxylation is 4. The van der Waals surface area contributed by atoms with Crippen molar-refractivity contribution in [1.82, 2.24) is 0 Å². The van der Waals surface area contributed by atoms with Crippen LogP contribution >= 0.6 is 0 Å². The molecule has 0 aromatic heterocycles. The van der Waals surface area contributed by atoms with Crippen molar-refractivity contribution >= 4 is 19.7 Å². The lowest BCUT2D eigenvalue weighted by molar-refractivity contribution is 0.257. The lowest BCUT2D eigenvalue weighted by atomic mass is 10.2. The third kappa shape index (κ3) is 4.69. The summed E-state index contributed by atoms with van der Waals surface area (Å²) >= 11 is 0. The van der Waals surface area contributed by atoms with E-state index in [4.69, 9.17) is 9.47 Å². The van der Waals surface area contributed by atoms with Crippen molar-refractivity contribution in [2.45, 2.75) is 53.4 Å². The minimum Gasteiger partial charge on any atom is -0.489 e. The maximum Gasteiger partial charge on any atom is 0.210 e. The summed E-state index contributed by atoms with van der Waals surface area (Å²) in [6.45, 7) is 7.79. The van der Waals surface area contributed by atoms with Gasteiger partial charge in [0.2, 0.25) is 19.7 Å². The molecule has 1 unspecified atom stereocenters. The van der Waals surface area contributed by atoms with Crippen molar-refractivity contribution in [2.75, 3.05) is 13.2 Å². The maximum atomic E-state index is 13.7. The van der Waals surface area contributed by atoms with E-state index < -0.39 is 19.7 Å². The molecule has 33 heavy (non-hydrogen) atoms. The molecule has 0 saturated carbocycles. The van der Waals surface area contributed by atoms with Crippen molar-refractivity contribution in [3.8, 4) is 5.75 Å². The van der Waals surface area contributed by atoms with Gasteiger partial charge in [0.15, 0.2) is 0 Å². The average Bonchev–Trinajstić information content (AvgIpc) is 3.60. The monoisotopic (exact) mass is 486 g/mol. The van der Waals surface area contributed by atoms with Crippen LogP contribution in [0.1, 0.15) is 22.3 Å². The first-order chi connectivity index (χ1) is 15.5. The smallest absolute Gasteiger partial charge is 0.210 e. The van der Waals surface area contributed by atoms with Gasteiger partial charge >= 0.3 is 0 Å². The summed E-state index contributed by atoms with van der Waals surface area (Å²) in [7, 11) is -8.02. The lowest BCUT2D eigenvalue weighted by Gasteiger charge is -2.16. The zero-order valence-electron chi connectivity index (χ0n) is 19.0. The molecule has 1 aliphatic rings. The highest BCUT2D eigenvalue weighted by Gasteiger charge is 2.30. The van der Waals surface area contributed by atoms with Crippen molar-refractivity contribution < 1.29 is 26.3 Å². The maximum absolute atomic E-state index is 13.7. The first-order valence-corrected chi connectivity index (χ1v) is 13.5. The molecule has 1 aliphatic heterocycles. The van der Waals surface area contributed by atoms with Gasteiger partial charge in [-0.05, 0) is 80.3 Å². The Kier molecular flexibility index (Phi) is 6.11. The zero-order chi connectivity index (χ0) is 24.0. The van der Waals surface area contributed by atoms with E-state index in [0.29, 0.717) is 17.7 Å². The van der Waals surface area contributed by atoms with Gasteiger partial charge in [-0.3, -0.25) is 0 Å². The van der Waals surface area contributed by atoms with Gasteiger partial charge in [-0.2, -0.15) is 0 Å². The van der Waals surface area contributed by atoms with Crippen LogP contribution in [0.25, 0.3) is 0 Å². The normalized spacial score (nSPS) is 15.9. The number of ether oxygens (including phenoxy) is 2. The molecule has 0 spiro atoms. The highest BCUT2D eigenvalue weighted by molar-refractivity contribution is 7.92. The van der Waals surface area contributed by atoms with Crippen molar-refractivity contribution in [2.24, 2.45) is 0 Å². The Hall–Kier alpha value is -2.68. The van der Waals surface area contributed by atoms with Gasteiger partial charge < -0.3 is 9.47 Å². The standard InChI is InChI=1S/C25H26O6S2/c1-16-5-7-18(3)23(11-16)32(26,27)21-9-10-22(31-15-20-14-30-20)25(13-21)33(28,29)24-12-17(2)6-8-19(24)4/h5-13,20H,14-15H2,1-4H3. The van der Waals surface area contributed by atoms with E-state index in [0.717, 1.165) is 11.1 Å². The molecular weight excluding hydrogens is 460 g/mol. The molecule has 3 aromatic carbocycles. The zero-order valence-corrected chi connectivity index (χ0v) is 20.6. The van der Waals surface area contributed by atoms with Crippen LogP contribution in [0.4, 0.5) is 0 Å². The first-order valence-electron chi connectivity index (χ1n) is 10.5. The molecule has 8 heteroatoms. The van der Waals surface area contributed by atoms with Crippen molar-refractivity contribution in [3.05, 3.63) is 76.9 Å². The number of hydrogen-bond donors (Lipinski definition) is 0. The van der Waals surface area contributed by atoms with Gasteiger partial charge in [-0.15, -0.1) is 0 Å². The largest absolute Gasteiger partial charge is 0.489 e. The van der Waals surface area contributed by atoms with E-state index in [9.17, 15) is 16.8 Å². The van der Waals surface area contributed by atoms with Crippen LogP contribution in [0.15, 0.2) is 74.2 Å². The van der Waals surface area contributed by atoms with E-state index in [1.165, 1.54) is 18.2 Å². The average molecular weight is 487 g/mol. The van der Waals surface area contributed by atoms with Crippen molar-refractivity contribution in [1.29, 1.82) is 0 Å². The third-order valence-corrected chi connectivity index (χ3v) is 9.42. The molecule has 1 fully saturated rings. The summed E-state index contributed by atoms with van der Waals surface area (Å²) < 4.78 is 65.3. The molecule has 3 aromatic rings. The predicted octanol–water partition coefficient (Wildman–Crippen LogP) is 4.36. The SMILES string of the molecule is Cc1ccc(C)c(S(=O)(=O)c2ccc(OCC3CO3)c(S(=O)(=O)c3cc(C)ccc3C)c2)c1. The topological polar surface area (TPSA) is 90.0 Å². The van der Waals surface area contributed by atoms with Crippen LogP contribution in [0, 0.1) is 27.7 Å². The Balaban J connectivity index is 1.89. The Morgan fingerprint density at radius 3 is 1.85 bits per heavy atom. The number of benzene rings is 3. The van der Waals surface area contributed by atoms with E-state index >= 15 is 0 Å². The highest BCUT2D eigenvalue weighted by atomic mass is 32.2. The fourth-order valence-corrected chi connectivity index (χ4v) is 7.00. The molecule has 1 saturated heterocycles. The number of sulfone groups is 2. The van der Waals surface area contributed by atoms with Crippen LogP contribution in [0.5, 0.6) is 5.75 Å². The first kappa shape index (κ1) is 23.5. The molecule has 0 radical (unpaired) electrons. The minimum absolute atomic E-state index is 0.0837. The van der Waals surface area contributed by atoms with Gasteiger partial charge in [-0.25, -0.2) is 16.8 Å². The molecule has 0 N–H and O–H groups in total. The molecule has 4 rings (SSSR count). The van der Waals surface area contributed by atoms with Gasteiger partial charge in [0, 0.05) is 0 Å². The predicted molar refractivity (Wildman–Crippen MR) is 124 cm³/mol. The van der Waals surface area contributed by atoms with Crippen LogP contribution in [-0.4, -0.2) is 36.2 Å². The highest BCUT2D eigenvalue weighted by Crippen LogP contribution is 2.36. The van der Waals surface area contributed by atoms with Crippen LogP contribution in [-0.2, 0) is 24.4 Å². The molecule has 1 atom stereocenters. The summed E-state index contributed by atoms with van der Waals surface area (Å²) in [5.41, 5.74) is 2.74. The Morgan fingerprint density at radius 2 is 1.30 bits per heavy atom. The lowest BCUT2D eigenvalue weighted by Crippen LogP contribution is -2.12. The third-order valence-electron chi connectivity index (χ3n) is 5.61. The molecule has 0 aliphatic carbocycles.